The zero-order valence-corrected chi connectivity index (χ0v) is 13.4. The first-order valence-electron chi connectivity index (χ1n) is 7.04. The summed E-state index contributed by atoms with van der Waals surface area (Å²) in [6.45, 7) is 2.08. The van der Waals surface area contributed by atoms with E-state index in [1.807, 2.05) is 55.4 Å². The molecule has 0 heterocycles. The van der Waals surface area contributed by atoms with Crippen LogP contribution in [0.2, 0.25) is 5.02 Å². The number of hydrogen-bond acceptors (Lipinski definition) is 3. The second kappa shape index (κ2) is 6.72. The lowest BCUT2D eigenvalue weighted by atomic mass is 10.0. The highest BCUT2D eigenvalue weighted by Crippen LogP contribution is 2.32. The fourth-order valence-corrected chi connectivity index (χ4v) is 2.69. The summed E-state index contributed by atoms with van der Waals surface area (Å²) in [6.07, 6.45) is 0.866. The number of benzene rings is 2. The molecule has 0 aliphatic rings. The van der Waals surface area contributed by atoms with Crippen molar-refractivity contribution in [3.63, 3.8) is 0 Å². The molecule has 2 aromatic carbocycles. The van der Waals surface area contributed by atoms with Gasteiger partial charge in [0.15, 0.2) is 0 Å². The van der Waals surface area contributed by atoms with Crippen LogP contribution in [0.4, 0.5) is 11.4 Å². The fourth-order valence-electron chi connectivity index (χ4n) is 2.34. The second-order valence-corrected chi connectivity index (χ2v) is 5.63. The van der Waals surface area contributed by atoms with Gasteiger partial charge in [-0.2, -0.15) is 0 Å². The first kappa shape index (κ1) is 15.5. The van der Waals surface area contributed by atoms with E-state index < -0.39 is 0 Å². The predicted octanol–water partition coefficient (Wildman–Crippen LogP) is 4.67. The van der Waals surface area contributed by atoms with Crippen molar-refractivity contribution in [2.45, 2.75) is 19.4 Å². The van der Waals surface area contributed by atoms with Crippen LogP contribution in [0.15, 0.2) is 42.5 Å². The number of nitrogens with zero attached hydrogens (tertiary/aromatic N) is 1. The van der Waals surface area contributed by atoms with E-state index in [1.165, 1.54) is 0 Å². The van der Waals surface area contributed by atoms with E-state index in [0.29, 0.717) is 10.8 Å². The molecule has 4 heteroatoms. The zero-order valence-electron chi connectivity index (χ0n) is 12.6. The van der Waals surface area contributed by atoms with Gasteiger partial charge in [-0.05, 0) is 30.7 Å². The normalized spacial score (nSPS) is 12.0. The molecular weight excluding hydrogens is 284 g/mol. The maximum Gasteiger partial charge on any atom is 0.120 e. The van der Waals surface area contributed by atoms with Gasteiger partial charge in [0.1, 0.15) is 5.75 Å². The Morgan fingerprint density at radius 2 is 1.90 bits per heavy atom. The Hall–Kier alpha value is -1.87. The lowest BCUT2D eigenvalue weighted by Gasteiger charge is -2.21. The molecule has 112 valence electrons. The van der Waals surface area contributed by atoms with E-state index in [2.05, 4.69) is 12.2 Å². The molecule has 0 amide bonds. The molecule has 0 aromatic heterocycles. The van der Waals surface area contributed by atoms with Crippen LogP contribution in [0.5, 0.6) is 5.75 Å². The SMILES string of the molecule is CCC(Nc1ccc(N(C)C)c(Cl)c1)c1ccccc1O. The number of phenols is 1. The maximum absolute atomic E-state index is 9.99. The molecular formula is C17H21ClN2O. The summed E-state index contributed by atoms with van der Waals surface area (Å²) < 4.78 is 0. The molecule has 2 aromatic rings. The highest BCUT2D eigenvalue weighted by atomic mass is 35.5. The van der Waals surface area contributed by atoms with E-state index in [0.717, 1.165) is 23.4 Å². The minimum atomic E-state index is 0.0486. The molecule has 0 saturated heterocycles. The highest BCUT2D eigenvalue weighted by molar-refractivity contribution is 6.33. The molecule has 0 bridgehead atoms. The number of aromatic hydroxyl groups is 1. The number of nitrogens with one attached hydrogen (secondary N) is 1. The summed E-state index contributed by atoms with van der Waals surface area (Å²) in [4.78, 5) is 1.98. The summed E-state index contributed by atoms with van der Waals surface area (Å²) in [5, 5.41) is 14.1. The molecule has 2 rings (SSSR count). The third-order valence-corrected chi connectivity index (χ3v) is 3.79. The molecule has 0 aliphatic heterocycles. The van der Waals surface area contributed by atoms with Crippen LogP contribution in [0.1, 0.15) is 24.9 Å². The number of anilines is 2. The van der Waals surface area contributed by atoms with Gasteiger partial charge in [-0.1, -0.05) is 36.7 Å². The predicted molar refractivity (Wildman–Crippen MR) is 90.5 cm³/mol. The summed E-state index contributed by atoms with van der Waals surface area (Å²) in [7, 11) is 3.93. The Morgan fingerprint density at radius 1 is 1.19 bits per heavy atom. The van der Waals surface area contributed by atoms with Crippen LogP contribution in [-0.4, -0.2) is 19.2 Å². The van der Waals surface area contributed by atoms with Gasteiger partial charge in [0.25, 0.3) is 0 Å². The lowest BCUT2D eigenvalue weighted by molar-refractivity contribution is 0.463. The molecule has 2 N–H and O–H groups in total. The van der Waals surface area contributed by atoms with Crippen LogP contribution in [-0.2, 0) is 0 Å². The topological polar surface area (TPSA) is 35.5 Å². The average Bonchev–Trinajstić information content (AvgIpc) is 2.45. The first-order valence-corrected chi connectivity index (χ1v) is 7.42. The molecule has 1 unspecified atom stereocenters. The van der Waals surface area contributed by atoms with Crippen molar-refractivity contribution < 1.29 is 5.11 Å². The summed E-state index contributed by atoms with van der Waals surface area (Å²) in [5.41, 5.74) is 2.83. The minimum absolute atomic E-state index is 0.0486. The van der Waals surface area contributed by atoms with Gasteiger partial charge >= 0.3 is 0 Å². The van der Waals surface area contributed by atoms with Crippen LogP contribution < -0.4 is 10.2 Å². The number of phenolic OH excluding ortho intramolecular Hbond substituents is 1. The van der Waals surface area contributed by atoms with Crippen LogP contribution >= 0.6 is 11.6 Å². The maximum atomic E-state index is 9.99. The van der Waals surface area contributed by atoms with Crippen molar-refractivity contribution in [3.8, 4) is 5.75 Å². The zero-order chi connectivity index (χ0) is 15.4. The van der Waals surface area contributed by atoms with Crippen LogP contribution in [0.3, 0.4) is 0 Å². The van der Waals surface area contributed by atoms with Crippen LogP contribution in [0.25, 0.3) is 0 Å². The van der Waals surface area contributed by atoms with E-state index in [9.17, 15) is 5.11 Å². The average molecular weight is 305 g/mol. The van der Waals surface area contributed by atoms with Gasteiger partial charge < -0.3 is 15.3 Å². The molecule has 0 aliphatic carbocycles. The van der Waals surface area contributed by atoms with E-state index in [-0.39, 0.29) is 6.04 Å². The monoisotopic (exact) mass is 304 g/mol. The Kier molecular flexibility index (Phi) is 4.97. The van der Waals surface area contributed by atoms with Gasteiger partial charge in [0.05, 0.1) is 16.8 Å². The quantitative estimate of drug-likeness (QED) is 0.842. The van der Waals surface area contributed by atoms with Gasteiger partial charge in [-0.3, -0.25) is 0 Å². The molecule has 1 atom stereocenters. The molecule has 0 radical (unpaired) electrons. The molecule has 0 saturated carbocycles. The molecule has 3 nitrogen and oxygen atoms in total. The van der Waals surface area contributed by atoms with Gasteiger partial charge in [0.2, 0.25) is 0 Å². The third-order valence-electron chi connectivity index (χ3n) is 3.49. The second-order valence-electron chi connectivity index (χ2n) is 5.22. The van der Waals surface area contributed by atoms with E-state index in [1.54, 1.807) is 6.07 Å². The third kappa shape index (κ3) is 3.61. The number of para-hydroxylation sites is 1. The summed E-state index contributed by atoms with van der Waals surface area (Å²) >= 11 is 6.30. The van der Waals surface area contributed by atoms with E-state index in [4.69, 9.17) is 11.6 Å². The standard InChI is InChI=1S/C17H21ClN2O/c1-4-15(13-7-5-6-8-17(13)21)19-12-9-10-16(20(2)3)14(18)11-12/h5-11,15,19,21H,4H2,1-3H3. The Morgan fingerprint density at radius 3 is 2.48 bits per heavy atom. The van der Waals surface area contributed by atoms with Crippen molar-refractivity contribution in [2.24, 2.45) is 0 Å². The van der Waals surface area contributed by atoms with Gasteiger partial charge in [-0.25, -0.2) is 0 Å². The Balaban J connectivity index is 2.23. The van der Waals surface area contributed by atoms with Gasteiger partial charge in [-0.15, -0.1) is 0 Å². The largest absolute Gasteiger partial charge is 0.508 e. The van der Waals surface area contributed by atoms with Gasteiger partial charge in [0, 0.05) is 25.3 Å². The van der Waals surface area contributed by atoms with Crippen molar-refractivity contribution in [1.29, 1.82) is 0 Å². The number of hydrogen-bond donors (Lipinski definition) is 2. The highest BCUT2D eigenvalue weighted by Gasteiger charge is 2.13. The van der Waals surface area contributed by atoms with Crippen molar-refractivity contribution in [1.82, 2.24) is 0 Å². The van der Waals surface area contributed by atoms with Crippen molar-refractivity contribution in [2.75, 3.05) is 24.3 Å². The van der Waals surface area contributed by atoms with E-state index >= 15 is 0 Å². The lowest BCUT2D eigenvalue weighted by Crippen LogP contribution is -2.11. The number of halogens is 1. The summed E-state index contributed by atoms with van der Waals surface area (Å²) in [6, 6.07) is 13.4. The van der Waals surface area contributed by atoms with Crippen LogP contribution in [0, 0.1) is 0 Å². The first-order chi connectivity index (χ1) is 10.0. The van der Waals surface area contributed by atoms with Crippen molar-refractivity contribution >= 4 is 23.0 Å². The van der Waals surface area contributed by atoms with Crippen molar-refractivity contribution in [3.05, 3.63) is 53.1 Å². The minimum Gasteiger partial charge on any atom is -0.508 e. The fraction of sp³-hybridized carbons (Fsp3) is 0.294. The Bertz CT molecular complexity index is 613. The molecule has 0 spiro atoms. The Labute approximate surface area is 131 Å². The molecule has 0 fully saturated rings. The number of rotatable bonds is 5. The molecule has 21 heavy (non-hydrogen) atoms. The summed E-state index contributed by atoms with van der Waals surface area (Å²) in [5.74, 6) is 0.313. The smallest absolute Gasteiger partial charge is 0.120 e.